The third-order valence-electron chi connectivity index (χ3n) is 2.29. The molecule has 0 bridgehead atoms. The quantitative estimate of drug-likeness (QED) is 0.664. The number of hydrogen-bond donors (Lipinski definition) is 1. The zero-order valence-electron chi connectivity index (χ0n) is 10.3. The van der Waals surface area contributed by atoms with Crippen LogP contribution in [-0.4, -0.2) is 36.4 Å². The number of aromatic nitrogens is 2. The highest BCUT2D eigenvalue weighted by Crippen LogP contribution is 2.19. The maximum absolute atomic E-state index is 10.9. The highest BCUT2D eigenvalue weighted by atomic mass is 32.2. The van der Waals surface area contributed by atoms with E-state index in [2.05, 4.69) is 9.71 Å². The second-order valence-electron chi connectivity index (χ2n) is 3.99. The summed E-state index contributed by atoms with van der Waals surface area (Å²) in [4.78, 5) is 4.38. The topological polar surface area (TPSA) is 63.5 Å². The summed E-state index contributed by atoms with van der Waals surface area (Å²) in [6.07, 6.45) is 3.14. The molecular weight excluding hydrogens is 270 g/mol. The molecule has 5 nitrogen and oxygen atoms in total. The van der Waals surface area contributed by atoms with Gasteiger partial charge in [-0.15, -0.1) is 11.8 Å². The van der Waals surface area contributed by atoms with Gasteiger partial charge in [0.25, 0.3) is 0 Å². The van der Waals surface area contributed by atoms with E-state index in [0.29, 0.717) is 12.3 Å². The lowest BCUT2D eigenvalue weighted by Gasteiger charge is -2.05. The third kappa shape index (κ3) is 3.47. The van der Waals surface area contributed by atoms with Gasteiger partial charge < -0.3 is 0 Å². The number of pyridine rings is 1. The van der Waals surface area contributed by atoms with Crippen LogP contribution in [0.4, 0.5) is 0 Å². The van der Waals surface area contributed by atoms with Gasteiger partial charge in [-0.1, -0.05) is 6.07 Å². The molecule has 7 heteroatoms. The molecule has 0 amide bonds. The van der Waals surface area contributed by atoms with Crippen molar-refractivity contribution >= 4 is 27.4 Å². The van der Waals surface area contributed by atoms with E-state index in [1.165, 1.54) is 0 Å². The zero-order valence-corrected chi connectivity index (χ0v) is 11.9. The second kappa shape index (κ2) is 5.29. The Bertz CT molecular complexity index is 649. The Labute approximate surface area is 111 Å². The molecule has 1 N–H and O–H groups in total. The summed E-state index contributed by atoms with van der Waals surface area (Å²) in [7, 11) is -3.10. The number of hydrogen-bond acceptors (Lipinski definition) is 4. The average Bonchev–Trinajstić information content (AvgIpc) is 2.64. The maximum atomic E-state index is 10.9. The number of sulfonamides is 1. The van der Waals surface area contributed by atoms with Gasteiger partial charge in [0.05, 0.1) is 17.0 Å². The molecule has 0 aromatic carbocycles. The van der Waals surface area contributed by atoms with Crippen molar-refractivity contribution in [2.75, 3.05) is 18.6 Å². The lowest BCUT2D eigenvalue weighted by atomic mass is 10.5. The Balaban J connectivity index is 2.03. The minimum Gasteiger partial charge on any atom is -0.294 e. The third-order valence-corrected chi connectivity index (χ3v) is 4.06. The summed E-state index contributed by atoms with van der Waals surface area (Å²) < 4.78 is 26.3. The summed E-state index contributed by atoms with van der Waals surface area (Å²) in [6.45, 7) is 2.38. The monoisotopic (exact) mass is 285 g/mol. The van der Waals surface area contributed by atoms with E-state index >= 15 is 0 Å². The molecule has 0 saturated heterocycles. The van der Waals surface area contributed by atoms with Gasteiger partial charge in [-0.2, -0.15) is 0 Å². The normalized spacial score (nSPS) is 12.1. The second-order valence-corrected chi connectivity index (χ2v) is 6.94. The standard InChI is InChI=1S/C11H15N3O2S2/c1-9-8-14-10(13-9)4-3-5-11(14)17-7-6-12-18(2,15)16/h3-5,8,12H,6-7H2,1-2H3. The first-order valence-corrected chi connectivity index (χ1v) is 8.35. The van der Waals surface area contributed by atoms with Gasteiger partial charge in [0, 0.05) is 18.5 Å². The first kappa shape index (κ1) is 13.4. The van der Waals surface area contributed by atoms with Crippen molar-refractivity contribution in [3.05, 3.63) is 30.1 Å². The van der Waals surface area contributed by atoms with E-state index in [0.717, 1.165) is 22.6 Å². The lowest BCUT2D eigenvalue weighted by Crippen LogP contribution is -2.24. The highest BCUT2D eigenvalue weighted by Gasteiger charge is 2.04. The van der Waals surface area contributed by atoms with Gasteiger partial charge >= 0.3 is 0 Å². The molecule has 0 aliphatic rings. The Morgan fingerprint density at radius 2 is 2.22 bits per heavy atom. The zero-order chi connectivity index (χ0) is 13.2. The molecule has 0 radical (unpaired) electrons. The molecule has 0 aliphatic carbocycles. The maximum Gasteiger partial charge on any atom is 0.208 e. The number of rotatable bonds is 5. The minimum absolute atomic E-state index is 0.424. The van der Waals surface area contributed by atoms with Crippen molar-refractivity contribution in [3.63, 3.8) is 0 Å². The molecule has 0 aliphatic heterocycles. The van der Waals surface area contributed by atoms with Crippen molar-refractivity contribution in [1.29, 1.82) is 0 Å². The van der Waals surface area contributed by atoms with Crippen molar-refractivity contribution in [1.82, 2.24) is 14.1 Å². The fourth-order valence-corrected chi connectivity index (χ4v) is 3.08. The SMILES string of the molecule is Cc1cn2c(SCCNS(C)(=O)=O)cccc2n1. The van der Waals surface area contributed by atoms with Crippen LogP contribution in [0.5, 0.6) is 0 Å². The number of thioether (sulfide) groups is 1. The van der Waals surface area contributed by atoms with Gasteiger partial charge in [-0.05, 0) is 19.1 Å². The number of aryl methyl sites for hydroxylation is 1. The molecule has 0 saturated carbocycles. The Kier molecular flexibility index (Phi) is 3.94. The molecule has 2 aromatic rings. The van der Waals surface area contributed by atoms with Crippen molar-refractivity contribution < 1.29 is 8.42 Å². The van der Waals surface area contributed by atoms with Crippen molar-refractivity contribution in [3.8, 4) is 0 Å². The molecule has 2 aromatic heterocycles. The largest absolute Gasteiger partial charge is 0.294 e. The smallest absolute Gasteiger partial charge is 0.208 e. The fourth-order valence-electron chi connectivity index (χ4n) is 1.61. The van der Waals surface area contributed by atoms with E-state index in [4.69, 9.17) is 0 Å². The van der Waals surface area contributed by atoms with Gasteiger partial charge in [0.1, 0.15) is 5.65 Å². The van der Waals surface area contributed by atoms with Crippen LogP contribution in [0.2, 0.25) is 0 Å². The van der Waals surface area contributed by atoms with Crippen molar-refractivity contribution in [2.45, 2.75) is 11.9 Å². The first-order chi connectivity index (χ1) is 8.46. The molecule has 18 heavy (non-hydrogen) atoms. The molecule has 0 unspecified atom stereocenters. The Morgan fingerprint density at radius 3 is 2.94 bits per heavy atom. The van der Waals surface area contributed by atoms with Crippen LogP contribution in [0, 0.1) is 6.92 Å². The van der Waals surface area contributed by atoms with Gasteiger partial charge in [-0.25, -0.2) is 18.1 Å². The number of imidazole rings is 1. The molecule has 2 rings (SSSR count). The summed E-state index contributed by atoms with van der Waals surface area (Å²) in [5, 5.41) is 1.06. The number of nitrogens with zero attached hydrogens (tertiary/aromatic N) is 2. The summed E-state index contributed by atoms with van der Waals surface area (Å²) >= 11 is 1.60. The van der Waals surface area contributed by atoms with E-state index in [-0.39, 0.29) is 0 Å². The lowest BCUT2D eigenvalue weighted by molar-refractivity contribution is 0.590. The molecule has 0 atom stereocenters. The van der Waals surface area contributed by atoms with E-state index < -0.39 is 10.0 Å². The average molecular weight is 285 g/mol. The summed E-state index contributed by atoms with van der Waals surface area (Å²) in [5.74, 6) is 0.684. The number of fused-ring (bicyclic) bond motifs is 1. The summed E-state index contributed by atoms with van der Waals surface area (Å²) in [5.41, 5.74) is 1.88. The van der Waals surface area contributed by atoms with Gasteiger partial charge in [0.2, 0.25) is 10.0 Å². The fraction of sp³-hybridized carbons (Fsp3) is 0.364. The predicted octanol–water partition coefficient (Wildman–Crippen LogP) is 1.28. The molecule has 0 spiro atoms. The van der Waals surface area contributed by atoms with Crippen LogP contribution in [0.1, 0.15) is 5.69 Å². The molecule has 2 heterocycles. The van der Waals surface area contributed by atoms with E-state index in [1.54, 1.807) is 11.8 Å². The first-order valence-electron chi connectivity index (χ1n) is 5.48. The van der Waals surface area contributed by atoms with Crippen LogP contribution in [0.3, 0.4) is 0 Å². The molecular formula is C11H15N3O2S2. The van der Waals surface area contributed by atoms with Crippen LogP contribution in [0.25, 0.3) is 5.65 Å². The van der Waals surface area contributed by atoms with Crippen LogP contribution in [-0.2, 0) is 10.0 Å². The Morgan fingerprint density at radius 1 is 1.44 bits per heavy atom. The molecule has 0 fully saturated rings. The minimum atomic E-state index is -3.10. The van der Waals surface area contributed by atoms with Gasteiger partial charge in [0.15, 0.2) is 0 Å². The van der Waals surface area contributed by atoms with E-state index in [1.807, 2.05) is 35.7 Å². The van der Waals surface area contributed by atoms with Gasteiger partial charge in [-0.3, -0.25) is 4.40 Å². The van der Waals surface area contributed by atoms with Crippen molar-refractivity contribution in [2.24, 2.45) is 0 Å². The van der Waals surface area contributed by atoms with Crippen LogP contribution < -0.4 is 4.72 Å². The number of nitrogens with one attached hydrogen (secondary N) is 1. The highest BCUT2D eigenvalue weighted by molar-refractivity contribution is 7.99. The summed E-state index contributed by atoms with van der Waals surface area (Å²) in [6, 6.07) is 5.90. The van der Waals surface area contributed by atoms with Crippen LogP contribution in [0.15, 0.2) is 29.4 Å². The molecule has 98 valence electrons. The van der Waals surface area contributed by atoms with Crippen LogP contribution >= 0.6 is 11.8 Å². The van der Waals surface area contributed by atoms with E-state index in [9.17, 15) is 8.42 Å². The Hall–Kier alpha value is -1.05. The predicted molar refractivity (Wildman–Crippen MR) is 73.5 cm³/mol.